The van der Waals surface area contributed by atoms with Crippen molar-refractivity contribution in [2.75, 3.05) is 6.61 Å². The van der Waals surface area contributed by atoms with Crippen molar-refractivity contribution in [2.24, 2.45) is 7.05 Å². The highest BCUT2D eigenvalue weighted by molar-refractivity contribution is 7.99. The van der Waals surface area contributed by atoms with Crippen LogP contribution in [0.15, 0.2) is 11.4 Å². The summed E-state index contributed by atoms with van der Waals surface area (Å²) < 4.78 is 45.9. The lowest BCUT2D eigenvalue weighted by molar-refractivity contribution is -0.148. The summed E-state index contributed by atoms with van der Waals surface area (Å²) in [5, 5.41) is 7.64. The molecule has 1 fully saturated rings. The minimum atomic E-state index is -4.34. The van der Waals surface area contributed by atoms with Gasteiger partial charge in [0.15, 0.2) is 5.16 Å². The first-order chi connectivity index (χ1) is 8.93. The number of nitrogens with zero attached hydrogens (tertiary/aromatic N) is 2. The monoisotopic (exact) mass is 296 g/mol. The fraction of sp³-hybridized carbons (Fsp3) is 0.727. The lowest BCUT2D eigenvalue weighted by atomic mass is 10.2. The normalized spacial score (nSPS) is 21.8. The first-order valence-electron chi connectivity index (χ1n) is 5.90. The molecular weight excluding hydrogens is 281 g/mol. The average molecular weight is 296 g/mol. The molecule has 0 radical (unpaired) electrons. The van der Waals surface area contributed by atoms with Crippen LogP contribution in [0.4, 0.5) is 13.2 Å². The molecule has 2 atom stereocenters. The summed E-state index contributed by atoms with van der Waals surface area (Å²) in [4.78, 5) is 3.92. The van der Waals surface area contributed by atoms with Gasteiger partial charge >= 0.3 is 6.18 Å². The number of rotatable bonds is 4. The van der Waals surface area contributed by atoms with Crippen molar-refractivity contribution < 1.29 is 23.0 Å². The van der Waals surface area contributed by atoms with Crippen molar-refractivity contribution in [3.05, 3.63) is 11.9 Å². The molecule has 1 N–H and O–H groups in total. The van der Waals surface area contributed by atoms with Crippen LogP contribution < -0.4 is 0 Å². The van der Waals surface area contributed by atoms with Crippen LogP contribution in [-0.2, 0) is 18.4 Å². The minimum Gasteiger partial charge on any atom is -0.390 e. The Labute approximate surface area is 113 Å². The van der Waals surface area contributed by atoms with Crippen LogP contribution in [0.2, 0.25) is 0 Å². The molecule has 19 heavy (non-hydrogen) atoms. The smallest absolute Gasteiger partial charge is 0.390 e. The molecule has 1 aliphatic heterocycles. The second-order valence-corrected chi connectivity index (χ2v) is 5.49. The molecule has 0 spiro atoms. The maximum absolute atomic E-state index is 13.1. The zero-order chi connectivity index (χ0) is 14.0. The third-order valence-electron chi connectivity index (χ3n) is 3.06. The average Bonchev–Trinajstić information content (AvgIpc) is 2.94. The van der Waals surface area contributed by atoms with E-state index in [4.69, 9.17) is 9.84 Å². The second-order valence-electron chi connectivity index (χ2n) is 4.38. The van der Waals surface area contributed by atoms with E-state index in [1.807, 2.05) is 0 Å². The summed E-state index contributed by atoms with van der Waals surface area (Å²) in [5.74, 6) is 0. The van der Waals surface area contributed by atoms with Crippen LogP contribution in [0.5, 0.6) is 0 Å². The van der Waals surface area contributed by atoms with Crippen LogP contribution in [0.25, 0.3) is 0 Å². The molecule has 0 saturated carbocycles. The molecule has 8 heteroatoms. The SMILES string of the molecule is Cn1c(CO)cnc1SC(C1CCCO1)C(F)(F)F. The van der Waals surface area contributed by atoms with Crippen molar-refractivity contribution in [1.29, 1.82) is 0 Å². The summed E-state index contributed by atoms with van der Waals surface area (Å²) in [6.07, 6.45) is -2.72. The molecule has 0 aromatic carbocycles. The van der Waals surface area contributed by atoms with Crippen molar-refractivity contribution in [2.45, 2.75) is 42.1 Å². The topological polar surface area (TPSA) is 47.3 Å². The fourth-order valence-electron chi connectivity index (χ4n) is 1.99. The predicted octanol–water partition coefficient (Wildman–Crippen LogP) is 2.11. The summed E-state index contributed by atoms with van der Waals surface area (Å²) in [6, 6.07) is 0. The predicted molar refractivity (Wildman–Crippen MR) is 63.8 cm³/mol. The molecule has 1 aromatic heterocycles. The van der Waals surface area contributed by atoms with E-state index in [2.05, 4.69) is 4.98 Å². The Hall–Kier alpha value is -0.730. The van der Waals surface area contributed by atoms with Gasteiger partial charge in [-0.1, -0.05) is 11.8 Å². The van der Waals surface area contributed by atoms with Crippen LogP contribution in [-0.4, -0.2) is 38.8 Å². The summed E-state index contributed by atoms with van der Waals surface area (Å²) in [6.45, 7) is 0.126. The zero-order valence-corrected chi connectivity index (χ0v) is 11.2. The Morgan fingerprint density at radius 3 is 2.84 bits per heavy atom. The lowest BCUT2D eigenvalue weighted by Gasteiger charge is -2.24. The number of halogens is 3. The van der Waals surface area contributed by atoms with E-state index >= 15 is 0 Å². The number of aliphatic hydroxyl groups is 1. The number of alkyl halides is 3. The first kappa shape index (κ1) is 14.7. The molecule has 4 nitrogen and oxygen atoms in total. The molecule has 0 bridgehead atoms. The van der Waals surface area contributed by atoms with Gasteiger partial charge in [0.25, 0.3) is 0 Å². The molecule has 108 valence electrons. The molecule has 0 amide bonds. The summed E-state index contributed by atoms with van der Waals surface area (Å²) in [7, 11) is 1.59. The Morgan fingerprint density at radius 2 is 2.37 bits per heavy atom. The van der Waals surface area contributed by atoms with Gasteiger partial charge in [0.1, 0.15) is 5.25 Å². The van der Waals surface area contributed by atoms with Crippen LogP contribution in [0, 0.1) is 0 Å². The third kappa shape index (κ3) is 3.24. The van der Waals surface area contributed by atoms with E-state index < -0.39 is 17.5 Å². The Bertz CT molecular complexity index is 430. The van der Waals surface area contributed by atoms with E-state index in [0.29, 0.717) is 36.9 Å². The molecule has 2 unspecified atom stereocenters. The van der Waals surface area contributed by atoms with E-state index in [1.54, 1.807) is 7.05 Å². The fourth-order valence-corrected chi connectivity index (χ4v) is 3.11. The Morgan fingerprint density at radius 1 is 1.63 bits per heavy atom. The number of imidazole rings is 1. The zero-order valence-electron chi connectivity index (χ0n) is 10.4. The molecule has 2 heterocycles. The first-order valence-corrected chi connectivity index (χ1v) is 6.78. The molecular formula is C11H15F3N2O2S. The maximum atomic E-state index is 13.1. The molecule has 2 rings (SSSR count). The molecule has 1 aromatic rings. The van der Waals surface area contributed by atoms with Gasteiger partial charge in [-0.15, -0.1) is 0 Å². The van der Waals surface area contributed by atoms with Crippen molar-refractivity contribution >= 4 is 11.8 Å². The van der Waals surface area contributed by atoms with Gasteiger partial charge in [-0.2, -0.15) is 13.2 Å². The quantitative estimate of drug-likeness (QED) is 0.865. The van der Waals surface area contributed by atoms with Gasteiger partial charge in [-0.3, -0.25) is 0 Å². The molecule has 1 saturated heterocycles. The Kier molecular flexibility index (Phi) is 4.42. The Balaban J connectivity index is 2.17. The van der Waals surface area contributed by atoms with Gasteiger partial charge in [0.05, 0.1) is 24.6 Å². The van der Waals surface area contributed by atoms with Crippen molar-refractivity contribution in [3.8, 4) is 0 Å². The van der Waals surface area contributed by atoms with Gasteiger partial charge in [-0.25, -0.2) is 4.98 Å². The van der Waals surface area contributed by atoms with Crippen LogP contribution >= 0.6 is 11.8 Å². The van der Waals surface area contributed by atoms with Gasteiger partial charge in [0, 0.05) is 13.7 Å². The van der Waals surface area contributed by atoms with E-state index in [-0.39, 0.29) is 11.8 Å². The second kappa shape index (κ2) is 5.72. The van der Waals surface area contributed by atoms with E-state index in [0.717, 1.165) is 0 Å². The number of hydrogen-bond acceptors (Lipinski definition) is 4. The third-order valence-corrected chi connectivity index (χ3v) is 4.48. The molecule has 1 aliphatic rings. The highest BCUT2D eigenvalue weighted by atomic mass is 32.2. The summed E-state index contributed by atoms with van der Waals surface area (Å²) >= 11 is 0.646. The standard InChI is InChI=1S/C11H15F3N2O2S/c1-16-7(6-17)5-15-10(16)19-9(11(12,13)14)8-3-2-4-18-8/h5,8-9,17H,2-4,6H2,1H3. The van der Waals surface area contributed by atoms with E-state index in [9.17, 15) is 13.2 Å². The minimum absolute atomic E-state index is 0.238. The number of aliphatic hydroxyl groups excluding tert-OH is 1. The highest BCUT2D eigenvalue weighted by Crippen LogP contribution is 2.40. The van der Waals surface area contributed by atoms with Gasteiger partial charge in [-0.05, 0) is 12.8 Å². The van der Waals surface area contributed by atoms with Gasteiger partial charge < -0.3 is 14.4 Å². The largest absolute Gasteiger partial charge is 0.403 e. The van der Waals surface area contributed by atoms with Crippen molar-refractivity contribution in [1.82, 2.24) is 9.55 Å². The van der Waals surface area contributed by atoms with E-state index in [1.165, 1.54) is 10.8 Å². The number of hydrogen-bond donors (Lipinski definition) is 1. The van der Waals surface area contributed by atoms with Crippen molar-refractivity contribution in [3.63, 3.8) is 0 Å². The summed E-state index contributed by atoms with van der Waals surface area (Å²) in [5.41, 5.74) is 0.482. The van der Waals surface area contributed by atoms with Gasteiger partial charge in [0.2, 0.25) is 0 Å². The number of aromatic nitrogens is 2. The maximum Gasteiger partial charge on any atom is 0.403 e. The number of thioether (sulfide) groups is 1. The lowest BCUT2D eigenvalue weighted by Crippen LogP contribution is -2.37. The molecule has 0 aliphatic carbocycles. The highest BCUT2D eigenvalue weighted by Gasteiger charge is 2.47. The van der Waals surface area contributed by atoms with Crippen LogP contribution in [0.1, 0.15) is 18.5 Å². The number of ether oxygens (including phenoxy) is 1. The van der Waals surface area contributed by atoms with Crippen LogP contribution in [0.3, 0.4) is 0 Å².